The van der Waals surface area contributed by atoms with Crippen LogP contribution in [0.2, 0.25) is 0 Å². The number of fused-ring (bicyclic) bond motifs is 1. The number of aryl methyl sites for hydroxylation is 1. The fourth-order valence-corrected chi connectivity index (χ4v) is 3.20. The van der Waals surface area contributed by atoms with E-state index in [1.165, 1.54) is 0 Å². The molecule has 0 spiro atoms. The second kappa shape index (κ2) is 8.10. The smallest absolute Gasteiger partial charge is 0.291 e. The van der Waals surface area contributed by atoms with Crippen LogP contribution in [0.1, 0.15) is 21.7 Å². The van der Waals surface area contributed by atoms with Crippen molar-refractivity contribution in [3.05, 3.63) is 89.7 Å². The normalized spacial score (nSPS) is 10.7. The third-order valence-corrected chi connectivity index (χ3v) is 4.63. The molecular formula is C24H21NO4. The number of rotatable bonds is 6. The van der Waals surface area contributed by atoms with E-state index in [2.05, 4.69) is 5.32 Å². The Bertz CT molecular complexity index is 1150. The number of benzene rings is 3. The zero-order valence-corrected chi connectivity index (χ0v) is 16.3. The molecule has 0 atom stereocenters. The average Bonchev–Trinajstić information content (AvgIpc) is 3.12. The van der Waals surface area contributed by atoms with Crippen molar-refractivity contribution in [2.75, 3.05) is 12.4 Å². The highest BCUT2D eigenvalue weighted by atomic mass is 16.5. The van der Waals surface area contributed by atoms with E-state index in [4.69, 9.17) is 13.9 Å². The summed E-state index contributed by atoms with van der Waals surface area (Å²) < 4.78 is 17.2. The summed E-state index contributed by atoms with van der Waals surface area (Å²) in [4.78, 5) is 13.1. The molecule has 4 aromatic rings. The maximum absolute atomic E-state index is 13.1. The maximum atomic E-state index is 13.1. The van der Waals surface area contributed by atoms with Gasteiger partial charge in [-0.2, -0.15) is 0 Å². The Morgan fingerprint density at radius 1 is 1.00 bits per heavy atom. The van der Waals surface area contributed by atoms with Gasteiger partial charge in [-0.1, -0.05) is 42.5 Å². The summed E-state index contributed by atoms with van der Waals surface area (Å²) in [5.41, 5.74) is 2.94. The summed E-state index contributed by atoms with van der Waals surface area (Å²) in [6.07, 6.45) is 0. The van der Waals surface area contributed by atoms with Crippen molar-refractivity contribution >= 4 is 22.6 Å². The van der Waals surface area contributed by atoms with E-state index in [1.54, 1.807) is 7.11 Å². The number of para-hydroxylation sites is 2. The largest absolute Gasteiger partial charge is 0.495 e. The van der Waals surface area contributed by atoms with E-state index in [-0.39, 0.29) is 18.3 Å². The van der Waals surface area contributed by atoms with Gasteiger partial charge in [-0.05, 0) is 42.8 Å². The van der Waals surface area contributed by atoms with Gasteiger partial charge in [0.2, 0.25) is 0 Å². The van der Waals surface area contributed by atoms with Gasteiger partial charge in [0.1, 0.15) is 23.7 Å². The quantitative estimate of drug-likeness (QED) is 0.469. The molecule has 4 rings (SSSR count). The summed E-state index contributed by atoms with van der Waals surface area (Å²) >= 11 is 0. The lowest BCUT2D eigenvalue weighted by atomic mass is 10.1. The van der Waals surface area contributed by atoms with Gasteiger partial charge in [0, 0.05) is 10.9 Å². The fraction of sp³-hybridized carbons (Fsp3) is 0.125. The Morgan fingerprint density at radius 3 is 2.55 bits per heavy atom. The van der Waals surface area contributed by atoms with Crippen molar-refractivity contribution in [1.29, 1.82) is 0 Å². The van der Waals surface area contributed by atoms with Crippen molar-refractivity contribution in [3.8, 4) is 11.5 Å². The Labute approximate surface area is 168 Å². The van der Waals surface area contributed by atoms with Gasteiger partial charge in [0.15, 0.2) is 5.76 Å². The molecule has 1 aromatic heterocycles. The van der Waals surface area contributed by atoms with E-state index in [1.807, 2.05) is 79.7 Å². The zero-order chi connectivity index (χ0) is 20.2. The molecule has 0 aliphatic carbocycles. The minimum Gasteiger partial charge on any atom is -0.495 e. The molecule has 146 valence electrons. The Morgan fingerprint density at radius 2 is 1.76 bits per heavy atom. The number of amides is 1. The van der Waals surface area contributed by atoms with Crippen molar-refractivity contribution in [3.63, 3.8) is 0 Å². The summed E-state index contributed by atoms with van der Waals surface area (Å²) in [6.45, 7) is 2.17. The van der Waals surface area contributed by atoms with Crippen LogP contribution in [0.15, 0.2) is 77.2 Å². The molecule has 5 nitrogen and oxygen atoms in total. The molecule has 0 aliphatic heterocycles. The van der Waals surface area contributed by atoms with E-state index in [9.17, 15) is 4.79 Å². The van der Waals surface area contributed by atoms with Crippen LogP contribution < -0.4 is 14.8 Å². The summed E-state index contributed by atoms with van der Waals surface area (Å²) in [7, 11) is 1.57. The van der Waals surface area contributed by atoms with Gasteiger partial charge in [-0.3, -0.25) is 4.79 Å². The number of anilines is 1. The van der Waals surface area contributed by atoms with Gasteiger partial charge in [-0.15, -0.1) is 0 Å². The van der Waals surface area contributed by atoms with Crippen LogP contribution in [0.5, 0.6) is 11.5 Å². The van der Waals surface area contributed by atoms with E-state index in [0.717, 1.165) is 16.7 Å². The average molecular weight is 387 g/mol. The first-order valence-corrected chi connectivity index (χ1v) is 9.30. The lowest BCUT2D eigenvalue weighted by Gasteiger charge is -2.11. The number of hydrogen-bond donors (Lipinski definition) is 1. The second-order valence-corrected chi connectivity index (χ2v) is 6.67. The van der Waals surface area contributed by atoms with Gasteiger partial charge in [0.05, 0.1) is 12.8 Å². The molecule has 0 bridgehead atoms. The molecule has 0 aliphatic rings. The lowest BCUT2D eigenvalue weighted by Crippen LogP contribution is -2.14. The van der Waals surface area contributed by atoms with E-state index < -0.39 is 0 Å². The topological polar surface area (TPSA) is 60.7 Å². The molecule has 0 saturated heterocycles. The maximum Gasteiger partial charge on any atom is 0.291 e. The second-order valence-electron chi connectivity index (χ2n) is 6.67. The van der Waals surface area contributed by atoms with Gasteiger partial charge < -0.3 is 19.2 Å². The van der Waals surface area contributed by atoms with Crippen LogP contribution in [0, 0.1) is 6.92 Å². The molecule has 5 heteroatoms. The third-order valence-electron chi connectivity index (χ3n) is 4.63. The predicted molar refractivity (Wildman–Crippen MR) is 113 cm³/mol. The number of ether oxygens (including phenoxy) is 2. The van der Waals surface area contributed by atoms with Crippen molar-refractivity contribution < 1.29 is 18.7 Å². The number of carbonyl (C=O) groups is 1. The fourth-order valence-electron chi connectivity index (χ4n) is 3.20. The van der Waals surface area contributed by atoms with Crippen molar-refractivity contribution in [1.82, 2.24) is 0 Å². The number of methoxy groups -OCH3 is 1. The Hall–Kier alpha value is -3.73. The predicted octanol–water partition coefficient (Wildman–Crippen LogP) is 5.58. The van der Waals surface area contributed by atoms with Crippen LogP contribution in [0.3, 0.4) is 0 Å². The van der Waals surface area contributed by atoms with Gasteiger partial charge in [-0.25, -0.2) is 0 Å². The monoisotopic (exact) mass is 387 g/mol. The van der Waals surface area contributed by atoms with Crippen LogP contribution >= 0.6 is 0 Å². The highest BCUT2D eigenvalue weighted by Gasteiger charge is 2.22. The SMILES string of the molecule is COc1ccc(C)cc1NC(=O)c1oc2ccccc2c1COc1ccccc1. The molecule has 29 heavy (non-hydrogen) atoms. The molecule has 0 fully saturated rings. The molecule has 0 unspecified atom stereocenters. The molecule has 0 radical (unpaired) electrons. The molecule has 0 saturated carbocycles. The first-order valence-electron chi connectivity index (χ1n) is 9.30. The van der Waals surface area contributed by atoms with Gasteiger partial charge in [0.25, 0.3) is 5.91 Å². The third kappa shape index (κ3) is 3.94. The molecule has 1 amide bonds. The summed E-state index contributed by atoms with van der Waals surface area (Å²) in [6, 6.07) is 22.6. The van der Waals surface area contributed by atoms with Crippen molar-refractivity contribution in [2.45, 2.75) is 13.5 Å². The molecule has 1 heterocycles. The first-order chi connectivity index (χ1) is 14.2. The van der Waals surface area contributed by atoms with E-state index in [0.29, 0.717) is 22.6 Å². The van der Waals surface area contributed by atoms with Crippen LogP contribution in [-0.4, -0.2) is 13.0 Å². The Kier molecular flexibility index (Phi) is 5.20. The molecule has 1 N–H and O–H groups in total. The highest BCUT2D eigenvalue weighted by Crippen LogP contribution is 2.30. The summed E-state index contributed by atoms with van der Waals surface area (Å²) in [5.74, 6) is 1.19. The molecule has 3 aromatic carbocycles. The number of hydrogen-bond acceptors (Lipinski definition) is 4. The standard InChI is InChI=1S/C24H21NO4/c1-16-12-13-22(27-2)20(14-16)25-24(26)23-19(15-28-17-8-4-3-5-9-17)18-10-6-7-11-21(18)29-23/h3-14H,15H2,1-2H3,(H,25,26). The Balaban J connectivity index is 1.67. The van der Waals surface area contributed by atoms with Crippen LogP contribution in [0.25, 0.3) is 11.0 Å². The summed E-state index contributed by atoms with van der Waals surface area (Å²) in [5, 5.41) is 3.76. The number of furan rings is 1. The van der Waals surface area contributed by atoms with Crippen LogP contribution in [0.4, 0.5) is 5.69 Å². The first kappa shape index (κ1) is 18.6. The highest BCUT2D eigenvalue weighted by molar-refractivity contribution is 6.07. The minimum atomic E-state index is -0.350. The minimum absolute atomic E-state index is 0.217. The number of nitrogens with one attached hydrogen (secondary N) is 1. The van der Waals surface area contributed by atoms with Crippen molar-refractivity contribution in [2.24, 2.45) is 0 Å². The zero-order valence-electron chi connectivity index (χ0n) is 16.3. The van der Waals surface area contributed by atoms with Gasteiger partial charge >= 0.3 is 0 Å². The number of carbonyl (C=O) groups excluding carboxylic acids is 1. The molecular weight excluding hydrogens is 366 g/mol. The van der Waals surface area contributed by atoms with E-state index >= 15 is 0 Å². The van der Waals surface area contributed by atoms with Crippen LogP contribution in [-0.2, 0) is 6.61 Å². The lowest BCUT2D eigenvalue weighted by molar-refractivity contribution is 0.0995.